The van der Waals surface area contributed by atoms with Crippen LogP contribution < -0.4 is 10.1 Å². The maximum Gasteiger partial charge on any atom is 0.253 e. The zero-order valence-electron chi connectivity index (χ0n) is 17.1. The van der Waals surface area contributed by atoms with Gasteiger partial charge >= 0.3 is 0 Å². The molecule has 1 N–H and O–H groups in total. The third-order valence-electron chi connectivity index (χ3n) is 5.39. The van der Waals surface area contributed by atoms with Gasteiger partial charge in [-0.15, -0.1) is 0 Å². The van der Waals surface area contributed by atoms with Crippen molar-refractivity contribution >= 4 is 17.5 Å². The van der Waals surface area contributed by atoms with Crippen LogP contribution in [0.1, 0.15) is 41.3 Å². The number of rotatable bonds is 5. The Hall–Kier alpha value is -3.60. The summed E-state index contributed by atoms with van der Waals surface area (Å²) in [4.78, 5) is 27.5. The second-order valence-corrected chi connectivity index (χ2v) is 7.15. The van der Waals surface area contributed by atoms with Crippen molar-refractivity contribution in [3.8, 4) is 11.5 Å². The molecule has 0 saturated heterocycles. The van der Waals surface area contributed by atoms with Gasteiger partial charge in [0.05, 0.1) is 5.92 Å². The van der Waals surface area contributed by atoms with Crippen LogP contribution in [0.2, 0.25) is 0 Å². The second kappa shape index (κ2) is 8.41. The highest BCUT2D eigenvalue weighted by Crippen LogP contribution is 2.44. The number of carbonyl (C=O) groups excluding carboxylic acids is 2. The number of fused-ring (bicyclic) bond motifs is 2. The molecule has 0 aliphatic carbocycles. The number of anilines is 1. The van der Waals surface area contributed by atoms with Crippen LogP contribution in [0.5, 0.6) is 11.5 Å². The Labute approximate surface area is 176 Å². The van der Waals surface area contributed by atoms with E-state index in [1.165, 1.54) is 0 Å². The van der Waals surface area contributed by atoms with Crippen LogP contribution >= 0.6 is 0 Å². The molecule has 2 amide bonds. The van der Waals surface area contributed by atoms with Gasteiger partial charge in [0.1, 0.15) is 11.5 Å². The predicted octanol–water partition coefficient (Wildman–Crippen LogP) is 5.04. The van der Waals surface area contributed by atoms with E-state index in [4.69, 9.17) is 4.74 Å². The van der Waals surface area contributed by atoms with E-state index in [-0.39, 0.29) is 11.8 Å². The summed E-state index contributed by atoms with van der Waals surface area (Å²) in [6.07, 6.45) is 0. The van der Waals surface area contributed by atoms with Gasteiger partial charge in [0, 0.05) is 35.5 Å². The van der Waals surface area contributed by atoms with Gasteiger partial charge in [0.2, 0.25) is 5.91 Å². The van der Waals surface area contributed by atoms with E-state index in [1.807, 2.05) is 62.4 Å². The summed E-state index contributed by atoms with van der Waals surface area (Å²) in [6.45, 7) is 5.24. The molecule has 4 rings (SSSR count). The number of hydrogen-bond donors (Lipinski definition) is 1. The molecule has 152 valence electrons. The summed E-state index contributed by atoms with van der Waals surface area (Å²) >= 11 is 0. The zero-order chi connectivity index (χ0) is 21.1. The first-order valence-corrected chi connectivity index (χ1v) is 10.2. The van der Waals surface area contributed by atoms with Crippen LogP contribution in [0.4, 0.5) is 5.69 Å². The Morgan fingerprint density at radius 1 is 0.833 bits per heavy atom. The fourth-order valence-corrected chi connectivity index (χ4v) is 3.80. The maximum absolute atomic E-state index is 13.3. The molecule has 5 heteroatoms. The van der Waals surface area contributed by atoms with Gasteiger partial charge in [-0.3, -0.25) is 9.59 Å². The normalized spacial score (nSPS) is 12.3. The molecular weight excluding hydrogens is 376 g/mol. The molecule has 0 radical (unpaired) electrons. The summed E-state index contributed by atoms with van der Waals surface area (Å²) in [5.41, 5.74) is 2.93. The first-order valence-electron chi connectivity index (χ1n) is 10.2. The average Bonchev–Trinajstić information content (AvgIpc) is 2.78. The fourth-order valence-electron chi connectivity index (χ4n) is 3.80. The molecular formula is C25H24N2O3. The summed E-state index contributed by atoms with van der Waals surface area (Å²) < 4.78 is 5.97. The molecule has 0 aromatic heterocycles. The lowest BCUT2D eigenvalue weighted by Gasteiger charge is -2.27. The van der Waals surface area contributed by atoms with Crippen molar-refractivity contribution in [1.82, 2.24) is 4.90 Å². The van der Waals surface area contributed by atoms with E-state index >= 15 is 0 Å². The van der Waals surface area contributed by atoms with E-state index < -0.39 is 5.92 Å². The van der Waals surface area contributed by atoms with Crippen LogP contribution in [0, 0.1) is 0 Å². The van der Waals surface area contributed by atoms with Crippen LogP contribution in [0.25, 0.3) is 0 Å². The standard InChI is InChI=1S/C25H24N2O3/c1-3-27(4-2)25(29)17-13-15-18(16-14-17)26-24(28)23-19-9-5-7-11-21(19)30-22-12-8-6-10-20(22)23/h5-16,23H,3-4H2,1-2H3,(H,26,28). The molecule has 1 aliphatic heterocycles. The largest absolute Gasteiger partial charge is 0.457 e. The zero-order valence-corrected chi connectivity index (χ0v) is 17.1. The van der Waals surface area contributed by atoms with E-state index in [2.05, 4.69) is 5.32 Å². The molecule has 3 aromatic rings. The van der Waals surface area contributed by atoms with Crippen LogP contribution in [-0.4, -0.2) is 29.8 Å². The van der Waals surface area contributed by atoms with E-state index in [0.29, 0.717) is 35.8 Å². The van der Waals surface area contributed by atoms with Gasteiger partial charge in [0.25, 0.3) is 5.91 Å². The Bertz CT molecular complexity index is 1030. The molecule has 0 unspecified atom stereocenters. The number of benzene rings is 3. The molecule has 0 fully saturated rings. The van der Waals surface area contributed by atoms with Crippen molar-refractivity contribution in [1.29, 1.82) is 0 Å². The molecule has 1 heterocycles. The van der Waals surface area contributed by atoms with Gasteiger partial charge in [-0.1, -0.05) is 36.4 Å². The van der Waals surface area contributed by atoms with Crippen molar-refractivity contribution in [2.75, 3.05) is 18.4 Å². The number of ether oxygens (including phenoxy) is 1. The Kier molecular flexibility index (Phi) is 5.53. The smallest absolute Gasteiger partial charge is 0.253 e. The van der Waals surface area contributed by atoms with E-state index in [1.54, 1.807) is 29.2 Å². The van der Waals surface area contributed by atoms with Crippen LogP contribution in [-0.2, 0) is 4.79 Å². The minimum Gasteiger partial charge on any atom is -0.457 e. The average molecular weight is 400 g/mol. The van der Waals surface area contributed by atoms with Gasteiger partial charge in [-0.05, 0) is 50.2 Å². The number of para-hydroxylation sites is 2. The highest BCUT2D eigenvalue weighted by Gasteiger charge is 2.32. The van der Waals surface area contributed by atoms with Crippen LogP contribution in [0.3, 0.4) is 0 Å². The lowest BCUT2D eigenvalue weighted by atomic mass is 9.87. The first-order chi connectivity index (χ1) is 14.6. The summed E-state index contributed by atoms with van der Waals surface area (Å²) in [5, 5.41) is 3.00. The highest BCUT2D eigenvalue weighted by atomic mass is 16.5. The van der Waals surface area contributed by atoms with Gasteiger partial charge in [-0.25, -0.2) is 0 Å². The molecule has 3 aromatic carbocycles. The summed E-state index contributed by atoms with van der Waals surface area (Å²) in [6, 6.07) is 22.2. The van der Waals surface area contributed by atoms with Gasteiger partial charge < -0.3 is 15.0 Å². The quantitative estimate of drug-likeness (QED) is 0.652. The number of nitrogens with zero attached hydrogens (tertiary/aromatic N) is 1. The first kappa shape index (κ1) is 19.7. The minimum atomic E-state index is -0.469. The minimum absolute atomic E-state index is 0.00911. The summed E-state index contributed by atoms with van der Waals surface area (Å²) in [5.74, 6) is 0.766. The number of carbonyl (C=O) groups is 2. The molecule has 1 aliphatic rings. The SMILES string of the molecule is CCN(CC)C(=O)c1ccc(NC(=O)C2c3ccccc3Oc3ccccc32)cc1. The Morgan fingerprint density at radius 2 is 1.37 bits per heavy atom. The molecule has 0 saturated carbocycles. The van der Waals surface area contributed by atoms with Crippen molar-refractivity contribution < 1.29 is 14.3 Å². The topological polar surface area (TPSA) is 58.6 Å². The third kappa shape index (κ3) is 3.66. The number of nitrogens with one attached hydrogen (secondary N) is 1. The van der Waals surface area contributed by atoms with Gasteiger partial charge in [-0.2, -0.15) is 0 Å². The van der Waals surface area contributed by atoms with Crippen LogP contribution in [0.15, 0.2) is 72.8 Å². The Balaban J connectivity index is 1.58. The maximum atomic E-state index is 13.3. The number of hydrogen-bond acceptors (Lipinski definition) is 3. The van der Waals surface area contributed by atoms with E-state index in [0.717, 1.165) is 11.1 Å². The van der Waals surface area contributed by atoms with E-state index in [9.17, 15) is 9.59 Å². The fraction of sp³-hybridized carbons (Fsp3) is 0.200. The lowest BCUT2D eigenvalue weighted by Crippen LogP contribution is -2.30. The summed E-state index contributed by atoms with van der Waals surface area (Å²) in [7, 11) is 0. The third-order valence-corrected chi connectivity index (χ3v) is 5.39. The highest BCUT2D eigenvalue weighted by molar-refractivity contribution is 6.00. The van der Waals surface area contributed by atoms with Gasteiger partial charge in [0.15, 0.2) is 0 Å². The number of amides is 2. The predicted molar refractivity (Wildman–Crippen MR) is 117 cm³/mol. The lowest BCUT2D eigenvalue weighted by molar-refractivity contribution is -0.116. The molecule has 30 heavy (non-hydrogen) atoms. The molecule has 0 atom stereocenters. The molecule has 0 spiro atoms. The monoisotopic (exact) mass is 400 g/mol. The molecule has 5 nitrogen and oxygen atoms in total. The second-order valence-electron chi connectivity index (χ2n) is 7.15. The Morgan fingerprint density at radius 3 is 1.90 bits per heavy atom. The molecule has 0 bridgehead atoms. The van der Waals surface area contributed by atoms with Crippen molar-refractivity contribution in [2.45, 2.75) is 19.8 Å². The van der Waals surface area contributed by atoms with Crippen molar-refractivity contribution in [3.05, 3.63) is 89.5 Å². The van der Waals surface area contributed by atoms with Crippen molar-refractivity contribution in [2.24, 2.45) is 0 Å². The van der Waals surface area contributed by atoms with Crippen molar-refractivity contribution in [3.63, 3.8) is 0 Å².